The number of nitrogens with one attached hydrogen (secondary N) is 1. The summed E-state index contributed by atoms with van der Waals surface area (Å²) in [6.07, 6.45) is 0.912. The van der Waals surface area contributed by atoms with Crippen LogP contribution >= 0.6 is 0 Å². The molecule has 0 aliphatic heterocycles. The van der Waals surface area contributed by atoms with Gasteiger partial charge in [0.2, 0.25) is 10.0 Å². The smallest absolute Gasteiger partial charge is 0.244 e. The highest BCUT2D eigenvalue weighted by atomic mass is 32.2. The molecule has 0 radical (unpaired) electrons. The predicted octanol–water partition coefficient (Wildman–Crippen LogP) is 1.33. The van der Waals surface area contributed by atoms with E-state index < -0.39 is 10.0 Å². The molecule has 1 aromatic carbocycles. The molecule has 6 heteroatoms. The first-order valence-electron chi connectivity index (χ1n) is 6.35. The van der Waals surface area contributed by atoms with Crippen molar-refractivity contribution in [1.82, 2.24) is 4.31 Å². The molecule has 1 atom stereocenters. The van der Waals surface area contributed by atoms with Gasteiger partial charge in [0.15, 0.2) is 0 Å². The van der Waals surface area contributed by atoms with E-state index in [1.165, 1.54) is 18.4 Å². The van der Waals surface area contributed by atoms with Gasteiger partial charge in [-0.2, -0.15) is 0 Å². The van der Waals surface area contributed by atoms with E-state index in [0.717, 1.165) is 6.42 Å². The molecule has 0 aliphatic carbocycles. The van der Waals surface area contributed by atoms with Crippen molar-refractivity contribution >= 4 is 15.7 Å². The molecule has 1 unspecified atom stereocenters. The van der Waals surface area contributed by atoms with Gasteiger partial charge < -0.3 is 11.1 Å². The number of hydrogen-bond acceptors (Lipinski definition) is 4. The number of rotatable bonds is 7. The standard InChI is InChI=1S/C13H23N3O2S/c1-11(8-9-14)10-15-12-6-4-5-7-13(12)19(17,18)16(2)3/h4-7,11,15H,8-10,14H2,1-3H3. The zero-order valence-electron chi connectivity index (χ0n) is 11.8. The first-order valence-corrected chi connectivity index (χ1v) is 7.79. The van der Waals surface area contributed by atoms with Crippen molar-refractivity contribution in [3.8, 4) is 0 Å². The molecule has 0 aliphatic rings. The van der Waals surface area contributed by atoms with Crippen LogP contribution in [0.1, 0.15) is 13.3 Å². The average Bonchev–Trinajstić information content (AvgIpc) is 2.37. The van der Waals surface area contributed by atoms with Crippen LogP contribution in [0.15, 0.2) is 29.2 Å². The molecule has 0 bridgehead atoms. The lowest BCUT2D eigenvalue weighted by molar-refractivity contribution is 0.520. The molecule has 0 amide bonds. The molecular formula is C13H23N3O2S. The Kier molecular flexibility index (Phi) is 5.78. The molecule has 1 rings (SSSR count). The Hall–Kier alpha value is -1.11. The van der Waals surface area contributed by atoms with E-state index in [0.29, 0.717) is 29.6 Å². The third kappa shape index (κ3) is 4.19. The third-order valence-electron chi connectivity index (χ3n) is 2.95. The molecule has 0 spiro atoms. The number of sulfonamides is 1. The second-order valence-electron chi connectivity index (χ2n) is 4.85. The summed E-state index contributed by atoms with van der Waals surface area (Å²) >= 11 is 0. The number of nitrogens with zero attached hydrogens (tertiary/aromatic N) is 1. The predicted molar refractivity (Wildman–Crippen MR) is 78.6 cm³/mol. The van der Waals surface area contributed by atoms with Crippen LogP contribution in [0.4, 0.5) is 5.69 Å². The molecule has 0 fully saturated rings. The minimum Gasteiger partial charge on any atom is -0.384 e. The molecule has 0 aromatic heterocycles. The van der Waals surface area contributed by atoms with Gasteiger partial charge in [-0.3, -0.25) is 0 Å². The van der Waals surface area contributed by atoms with Crippen molar-refractivity contribution < 1.29 is 8.42 Å². The Morgan fingerprint density at radius 1 is 1.32 bits per heavy atom. The maximum atomic E-state index is 12.2. The topological polar surface area (TPSA) is 75.4 Å². The Morgan fingerprint density at radius 2 is 1.95 bits per heavy atom. The van der Waals surface area contributed by atoms with Crippen molar-refractivity contribution in [1.29, 1.82) is 0 Å². The number of para-hydroxylation sites is 1. The Balaban J connectivity index is 2.91. The van der Waals surface area contributed by atoms with Gasteiger partial charge in [0.25, 0.3) is 0 Å². The quantitative estimate of drug-likeness (QED) is 0.792. The fourth-order valence-corrected chi connectivity index (χ4v) is 2.77. The maximum Gasteiger partial charge on any atom is 0.244 e. The number of benzene rings is 1. The van der Waals surface area contributed by atoms with Crippen LogP contribution in [0.3, 0.4) is 0 Å². The lowest BCUT2D eigenvalue weighted by Crippen LogP contribution is -2.24. The summed E-state index contributed by atoms with van der Waals surface area (Å²) in [4.78, 5) is 0.306. The third-order valence-corrected chi connectivity index (χ3v) is 4.82. The monoisotopic (exact) mass is 285 g/mol. The molecule has 1 aromatic rings. The highest BCUT2D eigenvalue weighted by Gasteiger charge is 2.20. The van der Waals surface area contributed by atoms with Crippen LogP contribution in [0, 0.1) is 5.92 Å². The van der Waals surface area contributed by atoms with Gasteiger partial charge in [-0.25, -0.2) is 12.7 Å². The zero-order valence-corrected chi connectivity index (χ0v) is 12.6. The van der Waals surface area contributed by atoms with Crippen molar-refractivity contribution in [2.24, 2.45) is 11.7 Å². The molecule has 19 heavy (non-hydrogen) atoms. The first kappa shape index (κ1) is 15.9. The normalized spacial score (nSPS) is 13.5. The van der Waals surface area contributed by atoms with Crippen molar-refractivity contribution in [2.45, 2.75) is 18.2 Å². The van der Waals surface area contributed by atoms with Crippen LogP contribution in [0.5, 0.6) is 0 Å². The van der Waals surface area contributed by atoms with Crippen LogP contribution in [0.2, 0.25) is 0 Å². The molecular weight excluding hydrogens is 262 g/mol. The van der Waals surface area contributed by atoms with Crippen LogP contribution < -0.4 is 11.1 Å². The SMILES string of the molecule is CC(CCN)CNc1ccccc1S(=O)(=O)N(C)C. The number of hydrogen-bond donors (Lipinski definition) is 2. The lowest BCUT2D eigenvalue weighted by Gasteiger charge is -2.18. The highest BCUT2D eigenvalue weighted by Crippen LogP contribution is 2.23. The van der Waals surface area contributed by atoms with E-state index in [2.05, 4.69) is 12.2 Å². The van der Waals surface area contributed by atoms with Gasteiger partial charge in [0.1, 0.15) is 4.90 Å². The molecule has 0 saturated carbocycles. The fourth-order valence-electron chi connectivity index (χ4n) is 1.71. The number of nitrogens with two attached hydrogens (primary N) is 1. The molecule has 5 nitrogen and oxygen atoms in total. The van der Waals surface area contributed by atoms with Crippen LogP contribution in [-0.4, -0.2) is 39.9 Å². The zero-order chi connectivity index (χ0) is 14.5. The largest absolute Gasteiger partial charge is 0.384 e. The van der Waals surface area contributed by atoms with Crippen LogP contribution in [0.25, 0.3) is 0 Å². The maximum absolute atomic E-state index is 12.2. The highest BCUT2D eigenvalue weighted by molar-refractivity contribution is 7.89. The molecule has 3 N–H and O–H groups in total. The summed E-state index contributed by atoms with van der Waals surface area (Å²) in [6, 6.07) is 6.95. The van der Waals surface area contributed by atoms with Crippen molar-refractivity contribution in [3.63, 3.8) is 0 Å². The average molecular weight is 285 g/mol. The summed E-state index contributed by atoms with van der Waals surface area (Å²) in [5.74, 6) is 0.403. The fraction of sp³-hybridized carbons (Fsp3) is 0.538. The van der Waals surface area contributed by atoms with E-state index in [9.17, 15) is 8.42 Å². The molecule has 0 heterocycles. The Bertz CT molecular complexity index is 500. The van der Waals surface area contributed by atoms with Gasteiger partial charge in [0.05, 0.1) is 5.69 Å². The van der Waals surface area contributed by atoms with Crippen molar-refractivity contribution in [2.75, 3.05) is 32.5 Å². The lowest BCUT2D eigenvalue weighted by atomic mass is 10.1. The van der Waals surface area contributed by atoms with E-state index in [-0.39, 0.29) is 0 Å². The summed E-state index contributed by atoms with van der Waals surface area (Å²) in [5, 5.41) is 3.20. The second-order valence-corrected chi connectivity index (χ2v) is 6.97. The minimum atomic E-state index is -3.42. The summed E-state index contributed by atoms with van der Waals surface area (Å²) in [7, 11) is -0.360. The van der Waals surface area contributed by atoms with E-state index >= 15 is 0 Å². The van der Waals surface area contributed by atoms with Gasteiger partial charge >= 0.3 is 0 Å². The summed E-state index contributed by atoms with van der Waals surface area (Å²) < 4.78 is 25.6. The van der Waals surface area contributed by atoms with Gasteiger partial charge in [-0.15, -0.1) is 0 Å². The molecule has 0 saturated heterocycles. The van der Waals surface area contributed by atoms with Gasteiger partial charge in [-0.1, -0.05) is 19.1 Å². The van der Waals surface area contributed by atoms with E-state index in [1.54, 1.807) is 18.2 Å². The minimum absolute atomic E-state index is 0.306. The van der Waals surface area contributed by atoms with E-state index in [1.807, 2.05) is 6.07 Å². The van der Waals surface area contributed by atoms with Gasteiger partial charge in [-0.05, 0) is 31.0 Å². The Morgan fingerprint density at radius 3 is 2.53 bits per heavy atom. The van der Waals surface area contributed by atoms with Crippen LogP contribution in [-0.2, 0) is 10.0 Å². The second kappa shape index (κ2) is 6.88. The van der Waals surface area contributed by atoms with E-state index in [4.69, 9.17) is 5.73 Å². The number of anilines is 1. The molecule has 108 valence electrons. The summed E-state index contributed by atoms with van der Waals surface area (Å²) in [5.41, 5.74) is 6.15. The van der Waals surface area contributed by atoms with Gasteiger partial charge in [0, 0.05) is 20.6 Å². The Labute approximate surface area is 115 Å². The summed E-state index contributed by atoms with van der Waals surface area (Å²) in [6.45, 7) is 3.43. The first-order chi connectivity index (χ1) is 8.89. The van der Waals surface area contributed by atoms with Crippen molar-refractivity contribution in [3.05, 3.63) is 24.3 Å².